The molecule has 4 aromatic rings. The molecule has 0 aliphatic rings. The number of amides is 4. The molecule has 2 heterocycles. The predicted octanol–water partition coefficient (Wildman–Crippen LogP) is 5.95. The van der Waals surface area contributed by atoms with Gasteiger partial charge in [0.1, 0.15) is 12.6 Å². The van der Waals surface area contributed by atoms with E-state index in [-0.39, 0.29) is 30.9 Å². The minimum Gasteiger partial charge on any atom is -0.444 e. The third-order valence-electron chi connectivity index (χ3n) is 8.43. The van der Waals surface area contributed by atoms with Gasteiger partial charge in [-0.2, -0.15) is 0 Å². The van der Waals surface area contributed by atoms with E-state index in [9.17, 15) is 19.5 Å². The molecule has 4 N–H and O–H groups in total. The molecule has 4 atom stereocenters. The maximum Gasteiger partial charge on any atom is 0.407 e. The first-order valence-electron chi connectivity index (χ1n) is 17.3. The normalized spacial score (nSPS) is 13.6. The second kappa shape index (κ2) is 19.9. The van der Waals surface area contributed by atoms with E-state index in [1.807, 2.05) is 79.9 Å². The van der Waals surface area contributed by atoms with E-state index in [0.717, 1.165) is 26.7 Å². The molecule has 0 unspecified atom stereocenters. The summed E-state index contributed by atoms with van der Waals surface area (Å²) in [7, 11) is 1.71. The van der Waals surface area contributed by atoms with Crippen LogP contribution in [0.4, 0.5) is 9.59 Å². The number of aliphatic hydroxyl groups is 1. The average molecular weight is 735 g/mol. The number of benzene rings is 2. The van der Waals surface area contributed by atoms with Gasteiger partial charge in [-0.05, 0) is 36.3 Å². The van der Waals surface area contributed by atoms with Crippen molar-refractivity contribution in [1.29, 1.82) is 0 Å². The number of hydrogen-bond acceptors (Lipinski definition) is 9. The Morgan fingerprint density at radius 1 is 0.902 bits per heavy atom. The number of urea groups is 1. The number of ether oxygens (including phenoxy) is 1. The van der Waals surface area contributed by atoms with Crippen molar-refractivity contribution in [1.82, 2.24) is 30.8 Å². The fourth-order valence-electron chi connectivity index (χ4n) is 5.50. The first kappa shape index (κ1) is 39.5. The SMILES string of the molecule is CC(C)c1nc(CCN(C)C(=O)N[C@H](C(=O)N[C@@H](Cc2ccccc2)C[C@H](O)[C@H](Cc2ccccc2)NC(=O)OCc2cncs2)C(C)C)cs1. The van der Waals surface area contributed by atoms with Gasteiger partial charge in [0.25, 0.3) is 0 Å². The van der Waals surface area contributed by atoms with Crippen molar-refractivity contribution in [2.24, 2.45) is 5.92 Å². The molecule has 0 fully saturated rings. The minimum absolute atomic E-state index is 0.0682. The summed E-state index contributed by atoms with van der Waals surface area (Å²) in [5.74, 6) is -0.209. The van der Waals surface area contributed by atoms with Gasteiger partial charge >= 0.3 is 12.1 Å². The summed E-state index contributed by atoms with van der Waals surface area (Å²) < 4.78 is 5.43. The molecule has 13 heteroatoms. The Kier molecular flexibility index (Phi) is 15.4. The molecular weight excluding hydrogens is 685 g/mol. The van der Waals surface area contributed by atoms with E-state index in [1.54, 1.807) is 35.0 Å². The average Bonchev–Trinajstić information content (AvgIpc) is 3.82. The van der Waals surface area contributed by atoms with E-state index in [2.05, 4.69) is 39.8 Å². The molecule has 4 rings (SSSR count). The summed E-state index contributed by atoms with van der Waals surface area (Å²) in [5, 5.41) is 23.7. The highest BCUT2D eigenvalue weighted by Gasteiger charge is 2.31. The van der Waals surface area contributed by atoms with Gasteiger partial charge < -0.3 is 30.7 Å². The maximum absolute atomic E-state index is 13.9. The number of aromatic nitrogens is 2. The molecule has 4 amide bonds. The number of nitrogens with zero attached hydrogens (tertiary/aromatic N) is 3. The highest BCUT2D eigenvalue weighted by Crippen LogP contribution is 2.20. The fourth-order valence-corrected chi connectivity index (χ4v) is 6.87. The lowest BCUT2D eigenvalue weighted by molar-refractivity contribution is -0.124. The highest BCUT2D eigenvalue weighted by atomic mass is 32.1. The molecule has 0 bridgehead atoms. The fraction of sp³-hybridized carbons (Fsp3) is 0.447. The number of aliphatic hydroxyl groups excluding tert-OH is 1. The summed E-state index contributed by atoms with van der Waals surface area (Å²) in [6.07, 6.45) is 1.46. The van der Waals surface area contributed by atoms with Crippen molar-refractivity contribution in [2.45, 2.75) is 90.1 Å². The van der Waals surface area contributed by atoms with Crippen LogP contribution in [0.1, 0.15) is 66.7 Å². The van der Waals surface area contributed by atoms with Gasteiger partial charge in [-0.1, -0.05) is 88.4 Å². The molecule has 0 radical (unpaired) electrons. The second-order valence-electron chi connectivity index (χ2n) is 13.4. The molecule has 0 aliphatic heterocycles. The largest absolute Gasteiger partial charge is 0.444 e. The lowest BCUT2D eigenvalue weighted by Crippen LogP contribution is -2.56. The number of thiazole rings is 2. The van der Waals surface area contributed by atoms with Crippen molar-refractivity contribution in [3.05, 3.63) is 104 Å². The van der Waals surface area contributed by atoms with Gasteiger partial charge in [-0.15, -0.1) is 22.7 Å². The smallest absolute Gasteiger partial charge is 0.407 e. The third-order valence-corrected chi connectivity index (χ3v) is 10.4. The Labute approximate surface area is 308 Å². The molecule has 0 saturated carbocycles. The van der Waals surface area contributed by atoms with Crippen molar-refractivity contribution in [3.8, 4) is 0 Å². The van der Waals surface area contributed by atoms with Crippen LogP contribution in [0.3, 0.4) is 0 Å². The minimum atomic E-state index is -1.05. The van der Waals surface area contributed by atoms with E-state index in [1.165, 1.54) is 11.3 Å². The van der Waals surface area contributed by atoms with E-state index < -0.39 is 30.3 Å². The number of likely N-dealkylation sites (N-methyl/N-ethyl adjacent to an activating group) is 1. The van der Waals surface area contributed by atoms with E-state index >= 15 is 0 Å². The first-order chi connectivity index (χ1) is 24.5. The van der Waals surface area contributed by atoms with Crippen molar-refractivity contribution in [3.63, 3.8) is 0 Å². The molecule has 274 valence electrons. The summed E-state index contributed by atoms with van der Waals surface area (Å²) in [5.41, 5.74) is 4.50. The molecule has 51 heavy (non-hydrogen) atoms. The molecule has 11 nitrogen and oxygen atoms in total. The monoisotopic (exact) mass is 734 g/mol. The van der Waals surface area contributed by atoms with Crippen LogP contribution in [-0.2, 0) is 35.4 Å². The van der Waals surface area contributed by atoms with Gasteiger partial charge in [-0.25, -0.2) is 14.6 Å². The molecule has 0 aliphatic carbocycles. The highest BCUT2D eigenvalue weighted by molar-refractivity contribution is 7.09. The van der Waals surface area contributed by atoms with Gasteiger partial charge in [0, 0.05) is 43.5 Å². The second-order valence-corrected chi connectivity index (χ2v) is 15.2. The summed E-state index contributed by atoms with van der Waals surface area (Å²) in [6, 6.07) is 16.9. The Balaban J connectivity index is 1.44. The lowest BCUT2D eigenvalue weighted by Gasteiger charge is -2.30. The number of nitrogens with one attached hydrogen (secondary N) is 3. The summed E-state index contributed by atoms with van der Waals surface area (Å²) in [4.78, 5) is 51.1. The molecular formula is C38H50N6O5S2. The number of carbonyl (C=O) groups is 3. The number of rotatable bonds is 18. The van der Waals surface area contributed by atoms with Crippen LogP contribution in [0.25, 0.3) is 0 Å². The van der Waals surface area contributed by atoms with Crippen molar-refractivity contribution >= 4 is 40.7 Å². The van der Waals surface area contributed by atoms with E-state index in [0.29, 0.717) is 31.7 Å². The van der Waals surface area contributed by atoms with Gasteiger partial charge in [0.05, 0.1) is 33.2 Å². The molecule has 2 aromatic carbocycles. The molecule has 2 aromatic heterocycles. The van der Waals surface area contributed by atoms with Crippen molar-refractivity contribution in [2.75, 3.05) is 13.6 Å². The topological polar surface area (TPSA) is 146 Å². The zero-order valence-corrected chi connectivity index (χ0v) is 31.6. The summed E-state index contributed by atoms with van der Waals surface area (Å²) in [6.45, 7) is 8.49. The van der Waals surface area contributed by atoms with Crippen LogP contribution in [0.2, 0.25) is 0 Å². The van der Waals surface area contributed by atoms with Crippen molar-refractivity contribution < 1.29 is 24.2 Å². The number of carbonyl (C=O) groups excluding carboxylic acids is 3. The number of alkyl carbamates (subject to hydrolysis) is 1. The third kappa shape index (κ3) is 13.1. The molecule has 0 saturated heterocycles. The van der Waals surface area contributed by atoms with Crippen LogP contribution in [0, 0.1) is 5.92 Å². The quantitative estimate of drug-likeness (QED) is 0.0989. The standard InChI is InChI=1S/C38H50N6O5S2/c1-25(2)34(43-37(47)44(5)17-16-29-23-50-36(41-29)26(3)4)35(46)40-30(18-27-12-8-6-9-13-27)20-33(45)32(19-28-14-10-7-11-15-28)42-38(48)49-22-31-21-39-24-51-31/h6-15,21,23-26,30,32-34,45H,16-20,22H2,1-5H3,(H,40,46)(H,42,48)(H,43,47)/t30-,32-,33-,34-/m0/s1. The maximum atomic E-state index is 13.9. The number of hydrogen-bond donors (Lipinski definition) is 4. The van der Waals surface area contributed by atoms with Crippen LogP contribution in [0.5, 0.6) is 0 Å². The first-order valence-corrected chi connectivity index (χ1v) is 19.1. The Bertz CT molecular complexity index is 1630. The zero-order valence-electron chi connectivity index (χ0n) is 30.0. The Hall–Kier alpha value is -4.33. The Morgan fingerprint density at radius 2 is 1.57 bits per heavy atom. The van der Waals surface area contributed by atoms with Gasteiger partial charge in [0.2, 0.25) is 5.91 Å². The van der Waals surface area contributed by atoms with Crippen LogP contribution >= 0.6 is 22.7 Å². The lowest BCUT2D eigenvalue weighted by atomic mass is 9.93. The van der Waals surface area contributed by atoms with Gasteiger partial charge in [-0.3, -0.25) is 9.78 Å². The van der Waals surface area contributed by atoms with E-state index in [4.69, 9.17) is 4.74 Å². The summed E-state index contributed by atoms with van der Waals surface area (Å²) >= 11 is 3.01. The van der Waals surface area contributed by atoms with Crippen LogP contribution < -0.4 is 16.0 Å². The Morgan fingerprint density at radius 3 is 2.16 bits per heavy atom. The zero-order chi connectivity index (χ0) is 36.8. The van der Waals surface area contributed by atoms with Crippen LogP contribution in [0.15, 0.2) is 77.8 Å². The van der Waals surface area contributed by atoms with Gasteiger partial charge in [0.15, 0.2) is 0 Å². The molecule has 0 spiro atoms. The van der Waals surface area contributed by atoms with Crippen LogP contribution in [-0.4, -0.2) is 75.8 Å². The predicted molar refractivity (Wildman–Crippen MR) is 202 cm³/mol.